The molecule has 0 unspecified atom stereocenters. The molecule has 108 valence electrons. The maximum Gasteiger partial charge on any atom is 0.119 e. The number of hydrogen-bond acceptors (Lipinski definition) is 3. The minimum atomic E-state index is 0.797. The molecule has 1 heterocycles. The van der Waals surface area contributed by atoms with Crippen LogP contribution in [0.2, 0.25) is 0 Å². The number of aromatic nitrogens is 3. The zero-order valence-corrected chi connectivity index (χ0v) is 12.4. The van der Waals surface area contributed by atoms with E-state index in [1.54, 1.807) is 0 Å². The Bertz CT molecular complexity index is 505. The fourth-order valence-electron chi connectivity index (χ4n) is 2.03. The topological polar surface area (TPSA) is 39.9 Å². The molecule has 0 aliphatic carbocycles. The lowest BCUT2D eigenvalue weighted by Gasteiger charge is -2.06. The second-order valence-corrected chi connectivity index (χ2v) is 4.89. The van der Waals surface area contributed by atoms with Gasteiger partial charge in [0.15, 0.2) is 0 Å². The summed E-state index contributed by atoms with van der Waals surface area (Å²) in [6, 6.07) is 8.07. The number of nitrogens with zero attached hydrogens (tertiary/aromatic N) is 3. The summed E-state index contributed by atoms with van der Waals surface area (Å²) in [7, 11) is 0. The van der Waals surface area contributed by atoms with Gasteiger partial charge in [0.25, 0.3) is 0 Å². The normalized spacial score (nSPS) is 10.7. The number of aryl methyl sites for hydroxylation is 1. The molecule has 0 saturated carbocycles. The second-order valence-electron chi connectivity index (χ2n) is 4.89. The van der Waals surface area contributed by atoms with E-state index in [0.29, 0.717) is 0 Å². The summed E-state index contributed by atoms with van der Waals surface area (Å²) in [5.74, 6) is 0.924. The predicted molar refractivity (Wildman–Crippen MR) is 80.8 cm³/mol. The van der Waals surface area contributed by atoms with Crippen LogP contribution in [-0.2, 0) is 6.54 Å². The van der Waals surface area contributed by atoms with E-state index in [0.717, 1.165) is 36.6 Å². The van der Waals surface area contributed by atoms with Gasteiger partial charge < -0.3 is 4.74 Å². The SMILES string of the molecule is CCCCCCOc1ccc(-c2cn(CC)nn2)cc1. The predicted octanol–water partition coefficient (Wildman–Crippen LogP) is 3.92. The highest BCUT2D eigenvalue weighted by Crippen LogP contribution is 2.20. The van der Waals surface area contributed by atoms with E-state index < -0.39 is 0 Å². The van der Waals surface area contributed by atoms with Gasteiger partial charge in [-0.05, 0) is 37.6 Å². The minimum Gasteiger partial charge on any atom is -0.494 e. The van der Waals surface area contributed by atoms with E-state index in [9.17, 15) is 0 Å². The van der Waals surface area contributed by atoms with E-state index in [-0.39, 0.29) is 0 Å². The summed E-state index contributed by atoms with van der Waals surface area (Å²) >= 11 is 0. The Hall–Kier alpha value is -1.84. The van der Waals surface area contributed by atoms with Crippen molar-refractivity contribution < 1.29 is 4.74 Å². The molecule has 0 fully saturated rings. The summed E-state index contributed by atoms with van der Waals surface area (Å²) in [6.45, 7) is 5.90. The summed E-state index contributed by atoms with van der Waals surface area (Å²) in [4.78, 5) is 0. The van der Waals surface area contributed by atoms with Gasteiger partial charge in [-0.25, -0.2) is 0 Å². The molecule has 0 saturated heterocycles. The molecule has 4 nitrogen and oxygen atoms in total. The van der Waals surface area contributed by atoms with Gasteiger partial charge in [-0.15, -0.1) is 5.10 Å². The van der Waals surface area contributed by atoms with Gasteiger partial charge in [0.1, 0.15) is 11.4 Å². The minimum absolute atomic E-state index is 0.797. The van der Waals surface area contributed by atoms with Crippen LogP contribution in [0, 0.1) is 0 Å². The van der Waals surface area contributed by atoms with Crippen molar-refractivity contribution in [3.63, 3.8) is 0 Å². The van der Waals surface area contributed by atoms with E-state index in [1.807, 2.05) is 42.1 Å². The van der Waals surface area contributed by atoms with Crippen LogP contribution in [-0.4, -0.2) is 21.6 Å². The Morgan fingerprint density at radius 2 is 1.85 bits per heavy atom. The van der Waals surface area contributed by atoms with Gasteiger partial charge in [0.2, 0.25) is 0 Å². The number of hydrogen-bond donors (Lipinski definition) is 0. The molecule has 4 heteroatoms. The third-order valence-corrected chi connectivity index (χ3v) is 3.28. The molecule has 0 amide bonds. The Morgan fingerprint density at radius 3 is 2.50 bits per heavy atom. The van der Waals surface area contributed by atoms with E-state index in [1.165, 1.54) is 19.3 Å². The zero-order valence-electron chi connectivity index (χ0n) is 12.4. The lowest BCUT2D eigenvalue weighted by molar-refractivity contribution is 0.305. The molecule has 2 aromatic rings. The van der Waals surface area contributed by atoms with Gasteiger partial charge >= 0.3 is 0 Å². The Kier molecular flexibility index (Phi) is 5.59. The highest BCUT2D eigenvalue weighted by Gasteiger charge is 2.03. The second kappa shape index (κ2) is 7.68. The molecule has 0 radical (unpaired) electrons. The molecule has 1 aromatic carbocycles. The van der Waals surface area contributed by atoms with Gasteiger partial charge in [0.05, 0.1) is 12.8 Å². The Labute approximate surface area is 120 Å². The van der Waals surface area contributed by atoms with Gasteiger partial charge in [0, 0.05) is 12.1 Å². The maximum atomic E-state index is 5.73. The molecule has 0 aliphatic rings. The fourth-order valence-corrected chi connectivity index (χ4v) is 2.03. The van der Waals surface area contributed by atoms with Crippen LogP contribution in [0.3, 0.4) is 0 Å². The largest absolute Gasteiger partial charge is 0.494 e. The van der Waals surface area contributed by atoms with Crippen LogP contribution in [0.25, 0.3) is 11.3 Å². The third-order valence-electron chi connectivity index (χ3n) is 3.28. The Balaban J connectivity index is 1.86. The van der Waals surface area contributed by atoms with Crippen molar-refractivity contribution in [2.45, 2.75) is 46.1 Å². The number of benzene rings is 1. The molecule has 0 N–H and O–H groups in total. The van der Waals surface area contributed by atoms with Crippen LogP contribution in [0.1, 0.15) is 39.5 Å². The monoisotopic (exact) mass is 273 g/mol. The lowest BCUT2D eigenvalue weighted by atomic mass is 10.1. The van der Waals surface area contributed by atoms with E-state index >= 15 is 0 Å². The third kappa shape index (κ3) is 4.08. The first-order chi connectivity index (χ1) is 9.83. The highest BCUT2D eigenvalue weighted by molar-refractivity contribution is 5.58. The molecule has 0 spiro atoms. The van der Waals surface area contributed by atoms with Crippen molar-refractivity contribution in [1.29, 1.82) is 0 Å². The summed E-state index contributed by atoms with van der Waals surface area (Å²) in [5, 5.41) is 8.20. The summed E-state index contributed by atoms with van der Waals surface area (Å²) < 4.78 is 7.56. The van der Waals surface area contributed by atoms with Gasteiger partial charge in [-0.1, -0.05) is 31.4 Å². The lowest BCUT2D eigenvalue weighted by Crippen LogP contribution is -1.96. The van der Waals surface area contributed by atoms with Crippen molar-refractivity contribution >= 4 is 0 Å². The van der Waals surface area contributed by atoms with E-state index in [2.05, 4.69) is 17.2 Å². The average Bonchev–Trinajstić information content (AvgIpc) is 2.97. The maximum absolute atomic E-state index is 5.73. The molecule has 0 bridgehead atoms. The van der Waals surface area contributed by atoms with Crippen molar-refractivity contribution in [2.24, 2.45) is 0 Å². The average molecular weight is 273 g/mol. The van der Waals surface area contributed by atoms with Gasteiger partial charge in [-0.3, -0.25) is 4.68 Å². The summed E-state index contributed by atoms with van der Waals surface area (Å²) in [6.07, 6.45) is 6.87. The standard InChI is InChI=1S/C16H23N3O/c1-3-5-6-7-12-20-15-10-8-14(9-11-15)16-13-19(4-2)18-17-16/h8-11,13H,3-7,12H2,1-2H3. The molecular weight excluding hydrogens is 250 g/mol. The fraction of sp³-hybridized carbons (Fsp3) is 0.500. The van der Waals surface area contributed by atoms with E-state index in [4.69, 9.17) is 4.74 Å². The highest BCUT2D eigenvalue weighted by atomic mass is 16.5. The van der Waals surface area contributed by atoms with Crippen molar-refractivity contribution in [1.82, 2.24) is 15.0 Å². The van der Waals surface area contributed by atoms with Crippen LogP contribution in [0.15, 0.2) is 30.5 Å². The van der Waals surface area contributed by atoms with Crippen molar-refractivity contribution in [3.05, 3.63) is 30.5 Å². The molecule has 0 atom stereocenters. The first-order valence-electron chi connectivity index (χ1n) is 7.47. The smallest absolute Gasteiger partial charge is 0.119 e. The van der Waals surface area contributed by atoms with Crippen LogP contribution in [0.4, 0.5) is 0 Å². The van der Waals surface area contributed by atoms with Crippen LogP contribution >= 0.6 is 0 Å². The van der Waals surface area contributed by atoms with Crippen molar-refractivity contribution in [3.8, 4) is 17.0 Å². The zero-order chi connectivity index (χ0) is 14.2. The molecule has 2 rings (SSSR count). The van der Waals surface area contributed by atoms with Crippen LogP contribution < -0.4 is 4.74 Å². The molecule has 1 aromatic heterocycles. The molecular formula is C16H23N3O. The number of rotatable bonds is 8. The molecule has 20 heavy (non-hydrogen) atoms. The number of ether oxygens (including phenoxy) is 1. The quantitative estimate of drug-likeness (QED) is 0.684. The summed E-state index contributed by atoms with van der Waals surface area (Å²) in [5.41, 5.74) is 1.98. The Morgan fingerprint density at radius 1 is 1.05 bits per heavy atom. The van der Waals surface area contributed by atoms with Gasteiger partial charge in [-0.2, -0.15) is 0 Å². The first-order valence-corrected chi connectivity index (χ1v) is 7.47. The first kappa shape index (κ1) is 14.6. The molecule has 0 aliphatic heterocycles. The number of unbranched alkanes of at least 4 members (excludes halogenated alkanes) is 3. The van der Waals surface area contributed by atoms with Crippen LogP contribution in [0.5, 0.6) is 5.75 Å². The van der Waals surface area contributed by atoms with Crippen molar-refractivity contribution in [2.75, 3.05) is 6.61 Å².